The Hall–Kier alpha value is -7.40. The molecule has 88 heavy (non-hydrogen) atoms. The Bertz CT molecular complexity index is 4400. The molecular formula is C81H87N4O2Pt-3. The first-order chi connectivity index (χ1) is 40.7. The van der Waals surface area contributed by atoms with Crippen molar-refractivity contribution in [3.63, 3.8) is 0 Å². The summed E-state index contributed by atoms with van der Waals surface area (Å²) >= 11 is 0. The molecule has 456 valence electrons. The maximum atomic E-state index is 7.27. The molecule has 0 saturated heterocycles. The summed E-state index contributed by atoms with van der Waals surface area (Å²) < 4.78 is 16.3. The van der Waals surface area contributed by atoms with Crippen LogP contribution >= 0.6 is 0 Å². The number of fused-ring (bicyclic) bond motifs is 8. The third-order valence-corrected chi connectivity index (χ3v) is 18.3. The summed E-state index contributed by atoms with van der Waals surface area (Å²) in [7, 11) is 0. The Morgan fingerprint density at radius 3 is 1.56 bits per heavy atom. The molecular weight excluding hydrogens is 1260 g/mol. The Labute approximate surface area is 538 Å². The van der Waals surface area contributed by atoms with Crippen LogP contribution in [0.1, 0.15) is 175 Å². The third-order valence-electron chi connectivity index (χ3n) is 18.3. The number of furan rings is 1. The Morgan fingerprint density at radius 2 is 1.01 bits per heavy atom. The van der Waals surface area contributed by atoms with E-state index in [-0.39, 0.29) is 53.6 Å². The molecule has 8 aromatic carbocycles. The Kier molecular flexibility index (Phi) is 15.3. The van der Waals surface area contributed by atoms with E-state index in [1.54, 1.807) is 0 Å². The number of aromatic nitrogens is 2. The van der Waals surface area contributed by atoms with Gasteiger partial charge in [0.25, 0.3) is 0 Å². The van der Waals surface area contributed by atoms with E-state index in [0.717, 1.165) is 77.9 Å². The fourth-order valence-electron chi connectivity index (χ4n) is 12.7. The maximum absolute atomic E-state index is 7.27. The van der Waals surface area contributed by atoms with E-state index in [4.69, 9.17) is 14.1 Å². The number of rotatable bonds is 7. The van der Waals surface area contributed by atoms with Gasteiger partial charge in [-0.3, -0.25) is 0 Å². The van der Waals surface area contributed by atoms with Crippen LogP contribution in [-0.4, -0.2) is 9.55 Å². The van der Waals surface area contributed by atoms with Gasteiger partial charge in [-0.05, 0) is 151 Å². The fourth-order valence-corrected chi connectivity index (χ4v) is 12.7. The van der Waals surface area contributed by atoms with Crippen LogP contribution in [0.4, 0.5) is 22.7 Å². The van der Waals surface area contributed by atoms with Crippen molar-refractivity contribution in [2.75, 3.05) is 9.80 Å². The first-order valence-corrected chi connectivity index (χ1v) is 31.2. The van der Waals surface area contributed by atoms with Gasteiger partial charge in [-0.15, -0.1) is 42.2 Å². The van der Waals surface area contributed by atoms with Crippen LogP contribution in [0.3, 0.4) is 0 Å². The van der Waals surface area contributed by atoms with Gasteiger partial charge in [0.2, 0.25) is 0 Å². The number of para-hydroxylation sites is 3. The number of pyridine rings is 1. The molecule has 0 atom stereocenters. The van der Waals surface area contributed by atoms with E-state index in [2.05, 4.69) is 300 Å². The summed E-state index contributed by atoms with van der Waals surface area (Å²) in [6.45, 7) is 50.8. The topological polar surface area (TPSA) is 46.7 Å². The van der Waals surface area contributed by atoms with Crippen molar-refractivity contribution in [3.8, 4) is 39.6 Å². The van der Waals surface area contributed by atoms with E-state index in [1.165, 1.54) is 66.8 Å². The summed E-state index contributed by atoms with van der Waals surface area (Å²) in [5, 5.41) is 4.21. The van der Waals surface area contributed by atoms with Gasteiger partial charge in [0, 0.05) is 83.2 Å². The average Bonchev–Trinajstić information content (AvgIpc) is 1.48. The van der Waals surface area contributed by atoms with E-state index < -0.39 is 0 Å². The molecule has 6 nitrogen and oxygen atoms in total. The molecule has 4 heterocycles. The Balaban J connectivity index is 0.00000800. The summed E-state index contributed by atoms with van der Waals surface area (Å²) in [5.41, 5.74) is 23.1. The molecule has 12 rings (SSSR count). The van der Waals surface area contributed by atoms with Crippen molar-refractivity contribution in [1.82, 2.24) is 9.55 Å². The van der Waals surface area contributed by atoms with Crippen LogP contribution in [0.25, 0.3) is 71.8 Å². The van der Waals surface area contributed by atoms with Crippen molar-refractivity contribution >= 4 is 66.5 Å². The second-order valence-corrected chi connectivity index (χ2v) is 30.9. The van der Waals surface area contributed by atoms with Gasteiger partial charge >= 0.3 is 0 Å². The van der Waals surface area contributed by atoms with E-state index in [0.29, 0.717) is 11.5 Å². The molecule has 1 aliphatic heterocycles. The molecule has 7 heteroatoms. The van der Waals surface area contributed by atoms with E-state index in [9.17, 15) is 0 Å². The molecule has 3 aromatic heterocycles. The summed E-state index contributed by atoms with van der Waals surface area (Å²) in [5.74, 6) is 2.02. The molecule has 0 spiro atoms. The van der Waals surface area contributed by atoms with Gasteiger partial charge in [0.15, 0.2) is 0 Å². The summed E-state index contributed by atoms with van der Waals surface area (Å²) in [6.07, 6.45) is 1.92. The number of nitrogens with zero attached hydrogens (tertiary/aromatic N) is 4. The average molecular weight is 1340 g/mol. The predicted octanol–water partition coefficient (Wildman–Crippen LogP) is 22.9. The number of benzene rings is 8. The Morgan fingerprint density at radius 1 is 0.477 bits per heavy atom. The molecule has 11 aromatic rings. The molecule has 0 N–H and O–H groups in total. The SMILES string of the molecule is Cc1c(C)c(-c2cc(C(C)(C)C)cc(C(C)(C)C)c2)c(N2[CH-]N(c3[c-]c(Oc4[c-]c5c(cc4C(C)(C)C)c4c6oc7ccccc7c6ccc4n5-c4cc(C(C)(C)C)ccn4)ccc3)c3ccccc32)c(-c2cc(C(C)(C)C)cc(C(C)(C)C)c2)c1C.[Pt]. The molecule has 0 fully saturated rings. The van der Waals surface area contributed by atoms with Crippen molar-refractivity contribution in [2.24, 2.45) is 0 Å². The van der Waals surface area contributed by atoms with Gasteiger partial charge in [-0.2, -0.15) is 12.1 Å². The smallest absolute Gasteiger partial charge is 0.135 e. The van der Waals surface area contributed by atoms with E-state index >= 15 is 0 Å². The number of hydrogen-bond acceptors (Lipinski definition) is 5. The van der Waals surface area contributed by atoms with Gasteiger partial charge in [-0.25, -0.2) is 4.98 Å². The number of hydrogen-bond donors (Lipinski definition) is 0. The van der Waals surface area contributed by atoms with Crippen molar-refractivity contribution in [2.45, 2.75) is 178 Å². The third kappa shape index (κ3) is 11.0. The first-order valence-electron chi connectivity index (χ1n) is 31.2. The van der Waals surface area contributed by atoms with E-state index in [1.807, 2.05) is 18.3 Å². The second-order valence-electron chi connectivity index (χ2n) is 30.9. The molecule has 0 amide bonds. The van der Waals surface area contributed by atoms with Crippen LogP contribution in [0.5, 0.6) is 11.5 Å². The monoisotopic (exact) mass is 1340 g/mol. The van der Waals surface area contributed by atoms with Crippen LogP contribution in [0, 0.1) is 39.6 Å². The molecule has 0 unspecified atom stereocenters. The number of anilines is 4. The summed E-state index contributed by atoms with van der Waals surface area (Å²) in [6, 6.07) is 56.9. The molecule has 1 aliphatic rings. The van der Waals surface area contributed by atoms with Gasteiger partial charge in [0.1, 0.15) is 17.0 Å². The van der Waals surface area contributed by atoms with Crippen LogP contribution in [-0.2, 0) is 53.6 Å². The quantitative estimate of drug-likeness (QED) is 0.149. The normalized spacial score (nSPS) is 13.6. The standard InChI is InChI=1S/C81H87N4O2.Pt/c1-48-49(2)71(51-37-54(77(7,8)9)41-55(38-51)78(10,11)12)74(72(50(48)3)52-39-56(79(13,14)15)42-57(40-52)80(16,17)18)84-47-83(64-30-23-24-31-65(64)84)58-27-26-28-59(44-58)86-69-46-67-62(45-63(69)81(19,20)21)73-66(85(67)70-43-53(35-36-82-70)76(4,5)6)34-33-61-60-29-22-25-32-68(60)87-75(61)73;/h22-43,45,47H,1-21H3;/q-3;. The minimum Gasteiger partial charge on any atom is -0.509 e. The largest absolute Gasteiger partial charge is 0.509 e. The van der Waals surface area contributed by atoms with Crippen molar-refractivity contribution < 1.29 is 30.2 Å². The van der Waals surface area contributed by atoms with Crippen LogP contribution in [0.2, 0.25) is 0 Å². The second kappa shape index (κ2) is 21.7. The van der Waals surface area contributed by atoms with Gasteiger partial charge in [-0.1, -0.05) is 208 Å². The minimum absolute atomic E-state index is 0. The van der Waals surface area contributed by atoms with Crippen LogP contribution in [0.15, 0.2) is 144 Å². The summed E-state index contributed by atoms with van der Waals surface area (Å²) in [4.78, 5) is 9.84. The zero-order chi connectivity index (χ0) is 62.4. The fraction of sp³-hybridized carbons (Fsp3) is 0.333. The zero-order valence-corrected chi connectivity index (χ0v) is 58.1. The maximum Gasteiger partial charge on any atom is 0.135 e. The van der Waals surface area contributed by atoms with Crippen molar-refractivity contribution in [3.05, 3.63) is 209 Å². The molecule has 0 bridgehead atoms. The predicted molar refractivity (Wildman–Crippen MR) is 369 cm³/mol. The van der Waals surface area contributed by atoms with Gasteiger partial charge in [0.05, 0.1) is 0 Å². The molecule has 0 saturated carbocycles. The zero-order valence-electron chi connectivity index (χ0n) is 55.8. The molecule has 0 aliphatic carbocycles. The first kappa shape index (κ1) is 62.2. The van der Waals surface area contributed by atoms with Gasteiger partial charge < -0.3 is 23.5 Å². The van der Waals surface area contributed by atoms with Crippen LogP contribution < -0.4 is 14.5 Å². The minimum atomic E-state index is -0.347. The molecule has 0 radical (unpaired) electrons. The number of ether oxygens (including phenoxy) is 1. The van der Waals surface area contributed by atoms with Crippen molar-refractivity contribution in [1.29, 1.82) is 0 Å².